The van der Waals surface area contributed by atoms with Crippen LogP contribution in [0.5, 0.6) is 5.75 Å². The van der Waals surface area contributed by atoms with Gasteiger partial charge in [-0.05, 0) is 48.2 Å². The average Bonchev–Trinajstić information content (AvgIpc) is 2.39. The number of ether oxygens (including phenoxy) is 2. The molecule has 20 heavy (non-hydrogen) atoms. The number of halogens is 3. The van der Waals surface area contributed by atoms with Gasteiger partial charge in [0.05, 0.1) is 23.3 Å². The molecule has 0 N–H and O–H groups in total. The molecule has 0 aromatic heterocycles. The van der Waals surface area contributed by atoms with Gasteiger partial charge in [0.15, 0.2) is 0 Å². The van der Waals surface area contributed by atoms with Gasteiger partial charge < -0.3 is 9.47 Å². The number of unbranched alkanes of at least 4 members (excludes halogenated alkanes) is 2. The minimum Gasteiger partial charge on any atom is -0.492 e. The van der Waals surface area contributed by atoms with E-state index >= 15 is 0 Å². The van der Waals surface area contributed by atoms with Crippen molar-refractivity contribution in [3.8, 4) is 5.75 Å². The van der Waals surface area contributed by atoms with Gasteiger partial charge in [0.2, 0.25) is 0 Å². The number of benzene rings is 1. The number of carbonyl (C=O) groups excluding carboxylic acids is 1. The van der Waals surface area contributed by atoms with Crippen molar-refractivity contribution in [3.05, 3.63) is 26.7 Å². The highest BCUT2D eigenvalue weighted by molar-refractivity contribution is 9.10. The van der Waals surface area contributed by atoms with Crippen molar-refractivity contribution in [2.45, 2.75) is 32.6 Å². The van der Waals surface area contributed by atoms with E-state index in [2.05, 4.69) is 15.9 Å². The fraction of sp³-hybridized carbons (Fsp3) is 0.500. The summed E-state index contributed by atoms with van der Waals surface area (Å²) >= 11 is 15.3. The van der Waals surface area contributed by atoms with E-state index in [9.17, 15) is 4.79 Å². The molecule has 0 aliphatic rings. The minimum atomic E-state index is -0.142. The molecule has 0 fully saturated rings. The zero-order valence-corrected chi connectivity index (χ0v) is 14.4. The minimum absolute atomic E-state index is 0.142. The molecule has 0 spiro atoms. The maximum absolute atomic E-state index is 11.1. The Kier molecular flexibility index (Phi) is 8.34. The summed E-state index contributed by atoms with van der Waals surface area (Å²) in [5.41, 5.74) is 0. The number of carbonyl (C=O) groups is 1. The lowest BCUT2D eigenvalue weighted by Gasteiger charge is -2.09. The topological polar surface area (TPSA) is 35.5 Å². The molecule has 1 rings (SSSR count). The predicted molar refractivity (Wildman–Crippen MR) is 84.8 cm³/mol. The van der Waals surface area contributed by atoms with Crippen molar-refractivity contribution in [2.24, 2.45) is 0 Å². The lowest BCUT2D eigenvalue weighted by atomic mass is 10.2. The van der Waals surface area contributed by atoms with E-state index in [1.54, 1.807) is 19.1 Å². The Balaban J connectivity index is 2.22. The monoisotopic (exact) mass is 382 g/mol. The van der Waals surface area contributed by atoms with Gasteiger partial charge in [-0.25, -0.2) is 0 Å². The molecule has 0 saturated carbocycles. The summed E-state index contributed by atoms with van der Waals surface area (Å²) in [5.74, 6) is 0.432. The van der Waals surface area contributed by atoms with Gasteiger partial charge in [0, 0.05) is 17.0 Å². The van der Waals surface area contributed by atoms with Crippen LogP contribution in [0.25, 0.3) is 0 Å². The molecule has 0 bridgehead atoms. The molecule has 1 aromatic carbocycles. The fourth-order valence-electron chi connectivity index (χ4n) is 1.58. The van der Waals surface area contributed by atoms with Crippen LogP contribution in [-0.2, 0) is 9.53 Å². The van der Waals surface area contributed by atoms with Crippen LogP contribution in [0.15, 0.2) is 16.6 Å². The molecule has 6 heteroatoms. The predicted octanol–water partition coefficient (Wildman–Crippen LogP) is 5.26. The number of rotatable bonds is 8. The Bertz CT molecular complexity index is 452. The molecule has 0 unspecified atom stereocenters. The lowest BCUT2D eigenvalue weighted by molar-refractivity contribution is -0.143. The summed E-state index contributed by atoms with van der Waals surface area (Å²) in [6, 6.07) is 3.40. The van der Waals surface area contributed by atoms with E-state index < -0.39 is 0 Å². The largest absolute Gasteiger partial charge is 0.492 e. The van der Waals surface area contributed by atoms with Crippen LogP contribution < -0.4 is 4.74 Å². The highest BCUT2D eigenvalue weighted by Crippen LogP contribution is 2.34. The van der Waals surface area contributed by atoms with Crippen LogP contribution in [-0.4, -0.2) is 19.2 Å². The summed E-state index contributed by atoms with van der Waals surface area (Å²) in [5, 5.41) is 1.08. The third-order valence-corrected chi connectivity index (χ3v) is 4.06. The summed E-state index contributed by atoms with van der Waals surface area (Å²) in [7, 11) is 0. The van der Waals surface area contributed by atoms with E-state index in [0.29, 0.717) is 35.4 Å². The molecule has 1 aromatic rings. The van der Waals surface area contributed by atoms with Crippen molar-refractivity contribution in [1.82, 2.24) is 0 Å². The van der Waals surface area contributed by atoms with Crippen molar-refractivity contribution in [1.29, 1.82) is 0 Å². The third kappa shape index (κ3) is 6.33. The second-order valence-corrected chi connectivity index (χ2v) is 5.83. The quantitative estimate of drug-likeness (QED) is 0.349. The zero-order chi connectivity index (χ0) is 15.0. The van der Waals surface area contributed by atoms with Gasteiger partial charge >= 0.3 is 5.97 Å². The molecule has 112 valence electrons. The lowest BCUT2D eigenvalue weighted by Crippen LogP contribution is -2.04. The van der Waals surface area contributed by atoms with Gasteiger partial charge in [-0.2, -0.15) is 0 Å². The van der Waals surface area contributed by atoms with Crippen LogP contribution in [0.3, 0.4) is 0 Å². The molecule has 0 heterocycles. The smallest absolute Gasteiger partial charge is 0.305 e. The van der Waals surface area contributed by atoms with Crippen molar-refractivity contribution in [3.63, 3.8) is 0 Å². The van der Waals surface area contributed by atoms with E-state index in [1.807, 2.05) is 0 Å². The second kappa shape index (κ2) is 9.48. The van der Waals surface area contributed by atoms with E-state index in [0.717, 1.165) is 23.7 Å². The number of hydrogen-bond donors (Lipinski definition) is 0. The standard InChI is InChI=1S/C14H17BrCl2O3/c1-2-19-14(18)6-4-3-5-7-20-13-9-11(16)10(15)8-12(13)17/h8-9H,2-7H2,1H3. The van der Waals surface area contributed by atoms with Crippen LogP contribution in [0, 0.1) is 0 Å². The second-order valence-electron chi connectivity index (χ2n) is 4.16. The Morgan fingerprint density at radius 2 is 1.95 bits per heavy atom. The highest BCUT2D eigenvalue weighted by atomic mass is 79.9. The molecular weight excluding hydrogens is 367 g/mol. The maximum atomic E-state index is 11.1. The first-order valence-corrected chi connectivity index (χ1v) is 8.02. The van der Waals surface area contributed by atoms with Crippen molar-refractivity contribution in [2.75, 3.05) is 13.2 Å². The Labute approximate surface area is 137 Å². The van der Waals surface area contributed by atoms with Gasteiger partial charge in [0.1, 0.15) is 5.75 Å². The molecule has 0 radical (unpaired) electrons. The molecular formula is C14H17BrCl2O3. The summed E-state index contributed by atoms with van der Waals surface area (Å²) < 4.78 is 11.2. The first kappa shape index (κ1) is 17.6. The van der Waals surface area contributed by atoms with E-state index in [1.165, 1.54) is 0 Å². The Hall–Kier alpha value is -0.450. The Morgan fingerprint density at radius 3 is 2.65 bits per heavy atom. The first-order chi connectivity index (χ1) is 9.54. The van der Waals surface area contributed by atoms with Crippen molar-refractivity contribution >= 4 is 45.1 Å². The van der Waals surface area contributed by atoms with E-state index in [4.69, 9.17) is 32.7 Å². The van der Waals surface area contributed by atoms with Crippen LogP contribution in [0.1, 0.15) is 32.6 Å². The summed E-state index contributed by atoms with van der Waals surface area (Å²) in [6.45, 7) is 2.78. The fourth-order valence-corrected chi connectivity index (χ4v) is 2.43. The third-order valence-electron chi connectivity index (χ3n) is 2.56. The van der Waals surface area contributed by atoms with Gasteiger partial charge in [-0.15, -0.1) is 0 Å². The van der Waals surface area contributed by atoms with Gasteiger partial charge in [0.25, 0.3) is 0 Å². The molecule has 0 amide bonds. The Morgan fingerprint density at radius 1 is 1.20 bits per heavy atom. The molecule has 0 atom stereocenters. The van der Waals surface area contributed by atoms with E-state index in [-0.39, 0.29) is 5.97 Å². The highest BCUT2D eigenvalue weighted by Gasteiger charge is 2.07. The number of hydrogen-bond acceptors (Lipinski definition) is 3. The average molecular weight is 384 g/mol. The van der Waals surface area contributed by atoms with Gasteiger partial charge in [-0.3, -0.25) is 4.79 Å². The first-order valence-electron chi connectivity index (χ1n) is 6.47. The summed E-state index contributed by atoms with van der Waals surface area (Å²) in [6.07, 6.45) is 3.01. The SMILES string of the molecule is CCOC(=O)CCCCCOc1cc(Cl)c(Br)cc1Cl. The van der Waals surface area contributed by atoms with Crippen LogP contribution in [0.2, 0.25) is 10.0 Å². The van der Waals surface area contributed by atoms with Crippen LogP contribution >= 0.6 is 39.1 Å². The van der Waals surface area contributed by atoms with Crippen molar-refractivity contribution < 1.29 is 14.3 Å². The normalized spacial score (nSPS) is 10.4. The maximum Gasteiger partial charge on any atom is 0.305 e. The summed E-state index contributed by atoms with van der Waals surface area (Å²) in [4.78, 5) is 11.1. The molecule has 3 nitrogen and oxygen atoms in total. The van der Waals surface area contributed by atoms with Crippen LogP contribution in [0.4, 0.5) is 0 Å². The number of esters is 1. The molecule has 0 aliphatic carbocycles. The molecule has 0 saturated heterocycles. The zero-order valence-electron chi connectivity index (χ0n) is 11.3. The van der Waals surface area contributed by atoms with Gasteiger partial charge in [-0.1, -0.05) is 23.2 Å². The molecule has 0 aliphatic heterocycles.